The van der Waals surface area contributed by atoms with Crippen LogP contribution in [0.2, 0.25) is 0 Å². The molecule has 0 spiro atoms. The van der Waals surface area contributed by atoms with Crippen LogP contribution < -0.4 is 5.32 Å². The monoisotopic (exact) mass is 321 g/mol. The lowest BCUT2D eigenvalue weighted by atomic mass is 9.86. The van der Waals surface area contributed by atoms with Gasteiger partial charge in [-0.15, -0.1) is 0 Å². The zero-order chi connectivity index (χ0) is 16.1. The molecule has 3 saturated heterocycles. The summed E-state index contributed by atoms with van der Waals surface area (Å²) < 4.78 is 0. The predicted octanol–water partition coefficient (Wildman–Crippen LogP) is 3.07. The third-order valence-corrected chi connectivity index (χ3v) is 6.77. The molecule has 0 radical (unpaired) electrons. The largest absolute Gasteiger partial charge is 0.317 e. The quantitative estimate of drug-likeness (QED) is 0.839. The lowest BCUT2D eigenvalue weighted by Gasteiger charge is -2.39. The summed E-state index contributed by atoms with van der Waals surface area (Å²) in [6, 6.07) is 0. The molecule has 134 valence electrons. The van der Waals surface area contributed by atoms with Crippen LogP contribution in [0.5, 0.6) is 0 Å². The summed E-state index contributed by atoms with van der Waals surface area (Å²) in [6.45, 7) is 15.5. The molecule has 3 nitrogen and oxygen atoms in total. The fourth-order valence-electron chi connectivity index (χ4n) is 4.95. The molecule has 3 heterocycles. The minimum atomic E-state index is 0.885. The van der Waals surface area contributed by atoms with E-state index in [-0.39, 0.29) is 0 Å². The van der Waals surface area contributed by atoms with Crippen molar-refractivity contribution < 1.29 is 0 Å². The van der Waals surface area contributed by atoms with E-state index in [1.807, 2.05) is 0 Å². The second kappa shape index (κ2) is 8.82. The molecule has 3 heteroatoms. The van der Waals surface area contributed by atoms with E-state index in [1.54, 1.807) is 0 Å². The van der Waals surface area contributed by atoms with E-state index in [1.165, 1.54) is 90.9 Å². The van der Waals surface area contributed by atoms with Crippen molar-refractivity contribution >= 4 is 0 Å². The number of nitrogens with zero attached hydrogens (tertiary/aromatic N) is 2. The zero-order valence-electron chi connectivity index (χ0n) is 15.6. The maximum Gasteiger partial charge on any atom is 0.00106 e. The lowest BCUT2D eigenvalue weighted by molar-refractivity contribution is 0.0988. The first kappa shape index (κ1) is 17.7. The SMILES string of the molecule is CC(C)C1CCN(CC2CCN(CC3CCNCC3)CC2)CC1. The van der Waals surface area contributed by atoms with Gasteiger partial charge in [0.25, 0.3) is 0 Å². The van der Waals surface area contributed by atoms with Gasteiger partial charge in [-0.05, 0) is 101 Å². The summed E-state index contributed by atoms with van der Waals surface area (Å²) >= 11 is 0. The Hall–Kier alpha value is -0.120. The molecule has 0 amide bonds. The summed E-state index contributed by atoms with van der Waals surface area (Å²) in [4.78, 5) is 5.53. The van der Waals surface area contributed by atoms with Gasteiger partial charge in [0, 0.05) is 13.1 Å². The van der Waals surface area contributed by atoms with E-state index in [4.69, 9.17) is 0 Å². The third kappa shape index (κ3) is 5.44. The molecule has 0 unspecified atom stereocenters. The summed E-state index contributed by atoms with van der Waals surface area (Å²) in [5.41, 5.74) is 0. The Kier molecular flexibility index (Phi) is 6.79. The first-order chi connectivity index (χ1) is 11.2. The molecule has 0 aromatic heterocycles. The molecule has 0 bridgehead atoms. The van der Waals surface area contributed by atoms with Crippen molar-refractivity contribution in [2.24, 2.45) is 23.7 Å². The molecule has 0 atom stereocenters. The van der Waals surface area contributed by atoms with E-state index in [0.717, 1.165) is 23.7 Å². The second-order valence-corrected chi connectivity index (χ2v) is 8.82. The van der Waals surface area contributed by atoms with Crippen molar-refractivity contribution in [3.05, 3.63) is 0 Å². The normalized spacial score (nSPS) is 27.8. The molecule has 1 N–H and O–H groups in total. The average Bonchev–Trinajstić information content (AvgIpc) is 2.58. The van der Waals surface area contributed by atoms with E-state index in [9.17, 15) is 0 Å². The number of rotatable bonds is 5. The summed E-state index contributed by atoms with van der Waals surface area (Å²) in [6.07, 6.45) is 8.54. The lowest BCUT2D eigenvalue weighted by Crippen LogP contribution is -2.44. The van der Waals surface area contributed by atoms with Gasteiger partial charge in [0.2, 0.25) is 0 Å². The number of piperidine rings is 3. The van der Waals surface area contributed by atoms with Crippen LogP contribution >= 0.6 is 0 Å². The van der Waals surface area contributed by atoms with Crippen LogP contribution in [0.15, 0.2) is 0 Å². The van der Waals surface area contributed by atoms with Crippen LogP contribution in [0.3, 0.4) is 0 Å². The molecule has 0 saturated carbocycles. The highest BCUT2D eigenvalue weighted by Gasteiger charge is 2.26. The van der Waals surface area contributed by atoms with Gasteiger partial charge in [-0.3, -0.25) is 0 Å². The zero-order valence-corrected chi connectivity index (χ0v) is 15.6. The van der Waals surface area contributed by atoms with Gasteiger partial charge in [-0.1, -0.05) is 13.8 Å². The number of nitrogens with one attached hydrogen (secondary N) is 1. The van der Waals surface area contributed by atoms with Gasteiger partial charge in [0.15, 0.2) is 0 Å². The smallest absolute Gasteiger partial charge is 0.00106 e. The second-order valence-electron chi connectivity index (χ2n) is 8.82. The minimum Gasteiger partial charge on any atom is -0.317 e. The van der Waals surface area contributed by atoms with Crippen molar-refractivity contribution in [2.75, 3.05) is 52.4 Å². The molecule has 23 heavy (non-hydrogen) atoms. The minimum absolute atomic E-state index is 0.885. The van der Waals surface area contributed by atoms with E-state index >= 15 is 0 Å². The van der Waals surface area contributed by atoms with E-state index < -0.39 is 0 Å². The van der Waals surface area contributed by atoms with Crippen LogP contribution in [-0.2, 0) is 0 Å². The van der Waals surface area contributed by atoms with Crippen LogP contribution in [0.4, 0.5) is 0 Å². The van der Waals surface area contributed by atoms with Crippen molar-refractivity contribution in [3.8, 4) is 0 Å². The van der Waals surface area contributed by atoms with E-state index in [2.05, 4.69) is 29.0 Å². The fraction of sp³-hybridized carbons (Fsp3) is 1.00. The molecule has 0 aromatic carbocycles. The first-order valence-corrected chi connectivity index (χ1v) is 10.4. The van der Waals surface area contributed by atoms with Gasteiger partial charge < -0.3 is 15.1 Å². The highest BCUT2D eigenvalue weighted by molar-refractivity contribution is 4.81. The van der Waals surface area contributed by atoms with Crippen LogP contribution in [0.1, 0.15) is 52.4 Å². The van der Waals surface area contributed by atoms with Crippen molar-refractivity contribution in [3.63, 3.8) is 0 Å². The molecule has 3 fully saturated rings. The van der Waals surface area contributed by atoms with Gasteiger partial charge in [-0.2, -0.15) is 0 Å². The van der Waals surface area contributed by atoms with Gasteiger partial charge >= 0.3 is 0 Å². The highest BCUT2D eigenvalue weighted by Crippen LogP contribution is 2.27. The Balaban J connectivity index is 1.32. The maximum atomic E-state index is 3.49. The first-order valence-electron chi connectivity index (χ1n) is 10.4. The topological polar surface area (TPSA) is 18.5 Å². The summed E-state index contributed by atoms with van der Waals surface area (Å²) in [5, 5.41) is 3.49. The van der Waals surface area contributed by atoms with Gasteiger partial charge in [0.05, 0.1) is 0 Å². The van der Waals surface area contributed by atoms with Crippen LogP contribution in [0.25, 0.3) is 0 Å². The Labute approximate surface area is 144 Å². The van der Waals surface area contributed by atoms with Gasteiger partial charge in [0.1, 0.15) is 0 Å². The third-order valence-electron chi connectivity index (χ3n) is 6.77. The predicted molar refractivity (Wildman–Crippen MR) is 98.8 cm³/mol. The van der Waals surface area contributed by atoms with Gasteiger partial charge in [-0.25, -0.2) is 0 Å². The Morgan fingerprint density at radius 1 is 0.739 bits per heavy atom. The number of hydrogen-bond acceptors (Lipinski definition) is 3. The standard InChI is InChI=1S/C20H39N3/c1-17(2)20-7-13-23(14-8-20)16-19-5-11-22(12-6-19)15-18-3-9-21-10-4-18/h17-21H,3-16H2,1-2H3. The van der Waals surface area contributed by atoms with E-state index in [0.29, 0.717) is 0 Å². The van der Waals surface area contributed by atoms with Crippen LogP contribution in [-0.4, -0.2) is 62.2 Å². The Bertz CT molecular complexity index is 322. The molecule has 0 aliphatic carbocycles. The summed E-state index contributed by atoms with van der Waals surface area (Å²) in [5.74, 6) is 3.80. The number of hydrogen-bond donors (Lipinski definition) is 1. The van der Waals surface area contributed by atoms with Crippen molar-refractivity contribution in [1.82, 2.24) is 15.1 Å². The average molecular weight is 322 g/mol. The maximum absolute atomic E-state index is 3.49. The summed E-state index contributed by atoms with van der Waals surface area (Å²) in [7, 11) is 0. The molecule has 3 rings (SSSR count). The van der Waals surface area contributed by atoms with Crippen LogP contribution in [0, 0.1) is 23.7 Å². The molecule has 0 aromatic rings. The Morgan fingerprint density at radius 3 is 1.74 bits per heavy atom. The molecule has 3 aliphatic heterocycles. The molecule has 3 aliphatic rings. The fourth-order valence-corrected chi connectivity index (χ4v) is 4.95. The van der Waals surface area contributed by atoms with Crippen molar-refractivity contribution in [2.45, 2.75) is 52.4 Å². The van der Waals surface area contributed by atoms with Crippen molar-refractivity contribution in [1.29, 1.82) is 0 Å². The Morgan fingerprint density at radius 2 is 1.22 bits per heavy atom. The molecular weight excluding hydrogens is 282 g/mol. The number of likely N-dealkylation sites (tertiary alicyclic amines) is 2. The highest BCUT2D eigenvalue weighted by atomic mass is 15.2. The molecular formula is C20H39N3.